The maximum Gasteiger partial charge on any atom is 0.573 e. The number of nitrogen functional groups attached to an aromatic ring is 1. The number of anilines is 1. The van der Waals surface area contributed by atoms with Crippen molar-refractivity contribution in [1.29, 1.82) is 0 Å². The average Bonchev–Trinajstić information content (AvgIpc) is 2.81. The number of halogens is 3. The Bertz CT molecular complexity index is 800. The highest BCUT2D eigenvalue weighted by Crippen LogP contribution is 2.34. The maximum absolute atomic E-state index is 12.2. The second-order valence-corrected chi connectivity index (χ2v) is 5.32. The third-order valence-corrected chi connectivity index (χ3v) is 3.56. The molecule has 0 spiro atoms. The van der Waals surface area contributed by atoms with E-state index in [0.717, 1.165) is 11.3 Å². The van der Waals surface area contributed by atoms with Crippen molar-refractivity contribution in [2.24, 2.45) is 0 Å². The van der Waals surface area contributed by atoms with Crippen LogP contribution in [0.1, 0.15) is 0 Å². The van der Waals surface area contributed by atoms with Gasteiger partial charge in [-0.1, -0.05) is 11.3 Å². The number of ether oxygens (including phenoxy) is 2. The molecule has 4 nitrogen and oxygen atoms in total. The Hall–Kier alpha value is -2.48. The standard InChI is InChI=1S/C14H9F3N2O2S/c15-14(16,17)21-10-5-6-11-12(7-10)22-13(19-11)20-9-3-1-8(18)2-4-9/h1-7H,18H2. The molecule has 0 unspecified atom stereocenters. The number of nitrogens with two attached hydrogens (primary N) is 1. The summed E-state index contributed by atoms with van der Waals surface area (Å²) in [4.78, 5) is 4.20. The Morgan fingerprint density at radius 2 is 1.68 bits per heavy atom. The van der Waals surface area contributed by atoms with Gasteiger partial charge in [0.15, 0.2) is 0 Å². The van der Waals surface area contributed by atoms with E-state index in [2.05, 4.69) is 9.72 Å². The number of alkyl halides is 3. The van der Waals surface area contributed by atoms with E-state index in [9.17, 15) is 13.2 Å². The fraction of sp³-hybridized carbons (Fsp3) is 0.0714. The summed E-state index contributed by atoms with van der Waals surface area (Å²) in [5.41, 5.74) is 6.71. The van der Waals surface area contributed by atoms with Crippen LogP contribution >= 0.6 is 11.3 Å². The van der Waals surface area contributed by atoms with Crippen LogP contribution in [0.15, 0.2) is 42.5 Å². The van der Waals surface area contributed by atoms with Crippen molar-refractivity contribution in [3.8, 4) is 16.7 Å². The molecule has 114 valence electrons. The van der Waals surface area contributed by atoms with Crippen molar-refractivity contribution < 1.29 is 22.6 Å². The van der Waals surface area contributed by atoms with E-state index >= 15 is 0 Å². The molecule has 0 amide bonds. The van der Waals surface area contributed by atoms with Gasteiger partial charge in [0.1, 0.15) is 11.5 Å². The molecule has 1 aromatic heterocycles. The van der Waals surface area contributed by atoms with Gasteiger partial charge < -0.3 is 15.2 Å². The van der Waals surface area contributed by atoms with Crippen molar-refractivity contribution in [2.45, 2.75) is 6.36 Å². The Morgan fingerprint density at radius 1 is 1.00 bits per heavy atom. The monoisotopic (exact) mass is 326 g/mol. The van der Waals surface area contributed by atoms with Gasteiger partial charge in [-0.05, 0) is 36.4 Å². The lowest BCUT2D eigenvalue weighted by Crippen LogP contribution is -2.16. The average molecular weight is 326 g/mol. The van der Waals surface area contributed by atoms with Crippen LogP contribution < -0.4 is 15.2 Å². The Balaban J connectivity index is 1.84. The van der Waals surface area contributed by atoms with Crippen molar-refractivity contribution in [3.63, 3.8) is 0 Å². The first-order chi connectivity index (χ1) is 10.4. The van der Waals surface area contributed by atoms with Gasteiger partial charge in [0.05, 0.1) is 10.2 Å². The third kappa shape index (κ3) is 3.40. The zero-order valence-electron chi connectivity index (χ0n) is 10.9. The van der Waals surface area contributed by atoms with E-state index in [1.807, 2.05) is 0 Å². The number of hydrogen-bond donors (Lipinski definition) is 1. The molecule has 0 atom stereocenters. The highest BCUT2D eigenvalue weighted by Gasteiger charge is 2.31. The van der Waals surface area contributed by atoms with E-state index in [-0.39, 0.29) is 5.75 Å². The molecule has 0 saturated carbocycles. The molecule has 2 aromatic carbocycles. The zero-order valence-corrected chi connectivity index (χ0v) is 11.7. The van der Waals surface area contributed by atoms with Crippen molar-refractivity contribution in [2.75, 3.05) is 5.73 Å². The molecular weight excluding hydrogens is 317 g/mol. The highest BCUT2D eigenvalue weighted by atomic mass is 32.1. The van der Waals surface area contributed by atoms with Gasteiger partial charge in [-0.2, -0.15) is 0 Å². The van der Waals surface area contributed by atoms with Crippen LogP contribution in [0.4, 0.5) is 18.9 Å². The maximum atomic E-state index is 12.2. The van der Waals surface area contributed by atoms with Gasteiger partial charge in [0.2, 0.25) is 0 Å². The summed E-state index contributed by atoms with van der Waals surface area (Å²) >= 11 is 1.12. The molecule has 0 aliphatic rings. The first-order valence-corrected chi connectivity index (χ1v) is 6.90. The number of rotatable bonds is 3. The minimum Gasteiger partial charge on any atom is -0.431 e. The van der Waals surface area contributed by atoms with Gasteiger partial charge in [-0.3, -0.25) is 0 Å². The predicted octanol–water partition coefficient (Wildman–Crippen LogP) is 4.57. The molecule has 0 aliphatic carbocycles. The van der Waals surface area contributed by atoms with Crippen molar-refractivity contribution >= 4 is 27.2 Å². The van der Waals surface area contributed by atoms with E-state index in [1.165, 1.54) is 18.2 Å². The second kappa shape index (κ2) is 5.38. The minimum absolute atomic E-state index is 0.289. The fourth-order valence-corrected chi connectivity index (χ4v) is 2.62. The number of aromatic nitrogens is 1. The zero-order chi connectivity index (χ0) is 15.7. The predicted molar refractivity (Wildman–Crippen MR) is 77.2 cm³/mol. The summed E-state index contributed by atoms with van der Waals surface area (Å²) < 4.78 is 46.5. The van der Waals surface area contributed by atoms with E-state index in [1.54, 1.807) is 24.3 Å². The molecule has 1 heterocycles. The molecular formula is C14H9F3N2O2S. The van der Waals surface area contributed by atoms with Gasteiger partial charge in [0.25, 0.3) is 5.19 Å². The molecule has 8 heteroatoms. The van der Waals surface area contributed by atoms with E-state index < -0.39 is 6.36 Å². The van der Waals surface area contributed by atoms with Gasteiger partial charge in [-0.15, -0.1) is 13.2 Å². The smallest absolute Gasteiger partial charge is 0.431 e. The summed E-state index contributed by atoms with van der Waals surface area (Å²) in [5, 5.41) is 0.323. The first-order valence-electron chi connectivity index (χ1n) is 6.09. The molecule has 0 saturated heterocycles. The van der Waals surface area contributed by atoms with Crippen LogP contribution in [0.2, 0.25) is 0 Å². The summed E-state index contributed by atoms with van der Waals surface area (Å²) in [6.07, 6.45) is -4.72. The van der Waals surface area contributed by atoms with Crippen LogP contribution in [0.25, 0.3) is 10.2 Å². The van der Waals surface area contributed by atoms with E-state index in [4.69, 9.17) is 10.5 Å². The number of fused-ring (bicyclic) bond motifs is 1. The van der Waals surface area contributed by atoms with Gasteiger partial charge in [0, 0.05) is 11.8 Å². The lowest BCUT2D eigenvalue weighted by Gasteiger charge is -2.07. The second-order valence-electron chi connectivity index (χ2n) is 4.33. The molecule has 0 aliphatic heterocycles. The van der Waals surface area contributed by atoms with Crippen LogP contribution in [0.3, 0.4) is 0 Å². The number of benzene rings is 2. The Kier molecular flexibility index (Phi) is 3.53. The lowest BCUT2D eigenvalue weighted by atomic mass is 10.3. The Morgan fingerprint density at radius 3 is 2.36 bits per heavy atom. The molecule has 3 rings (SSSR count). The van der Waals surface area contributed by atoms with Crippen molar-refractivity contribution in [1.82, 2.24) is 4.98 Å². The SMILES string of the molecule is Nc1ccc(Oc2nc3ccc(OC(F)(F)F)cc3s2)cc1. The van der Waals surface area contributed by atoms with Crippen LogP contribution in [0, 0.1) is 0 Å². The quantitative estimate of drug-likeness (QED) is 0.716. The molecule has 0 bridgehead atoms. The molecule has 22 heavy (non-hydrogen) atoms. The fourth-order valence-electron chi connectivity index (χ4n) is 1.76. The summed E-state index contributed by atoms with van der Waals surface area (Å²) in [5.74, 6) is 0.253. The highest BCUT2D eigenvalue weighted by molar-refractivity contribution is 7.20. The molecule has 0 fully saturated rings. The van der Waals surface area contributed by atoms with Gasteiger partial charge >= 0.3 is 6.36 Å². The van der Waals surface area contributed by atoms with Crippen LogP contribution in [-0.4, -0.2) is 11.3 Å². The van der Waals surface area contributed by atoms with Crippen LogP contribution in [-0.2, 0) is 0 Å². The largest absolute Gasteiger partial charge is 0.573 e. The molecule has 3 aromatic rings. The normalized spacial score (nSPS) is 11.6. The number of nitrogens with zero attached hydrogens (tertiary/aromatic N) is 1. The lowest BCUT2D eigenvalue weighted by molar-refractivity contribution is -0.274. The van der Waals surface area contributed by atoms with Gasteiger partial charge in [-0.25, -0.2) is 4.98 Å². The third-order valence-electron chi connectivity index (χ3n) is 2.66. The topological polar surface area (TPSA) is 57.4 Å². The number of hydrogen-bond acceptors (Lipinski definition) is 5. The summed E-state index contributed by atoms with van der Waals surface area (Å²) in [7, 11) is 0. The molecule has 0 radical (unpaired) electrons. The summed E-state index contributed by atoms with van der Waals surface area (Å²) in [6.45, 7) is 0. The van der Waals surface area contributed by atoms with E-state index in [0.29, 0.717) is 26.8 Å². The minimum atomic E-state index is -4.72. The Labute approximate surface area is 126 Å². The number of thiazole rings is 1. The van der Waals surface area contributed by atoms with Crippen LogP contribution in [0.5, 0.6) is 16.7 Å². The first kappa shape index (κ1) is 14.5. The molecule has 2 N–H and O–H groups in total. The summed E-state index contributed by atoms with van der Waals surface area (Å²) in [6, 6.07) is 10.6. The van der Waals surface area contributed by atoms with Crippen molar-refractivity contribution in [3.05, 3.63) is 42.5 Å².